The van der Waals surface area contributed by atoms with E-state index in [2.05, 4.69) is 17.2 Å². The molecule has 3 atom stereocenters. The van der Waals surface area contributed by atoms with Crippen LogP contribution in [0.5, 0.6) is 17.2 Å². The van der Waals surface area contributed by atoms with E-state index in [1.807, 2.05) is 38.1 Å². The third-order valence-corrected chi connectivity index (χ3v) is 8.96. The van der Waals surface area contributed by atoms with Crippen molar-refractivity contribution in [3.05, 3.63) is 96.1 Å². The molecule has 16 heteroatoms. The number of anilines is 1. The van der Waals surface area contributed by atoms with Gasteiger partial charge in [-0.05, 0) is 92.9 Å². The molecule has 298 valence electrons. The number of carboxylic acid groups (broad SMARTS) is 1. The number of halogens is 3. The van der Waals surface area contributed by atoms with Crippen molar-refractivity contribution in [2.45, 2.75) is 64.0 Å². The Kier molecular flexibility index (Phi) is 15.5. The third kappa shape index (κ3) is 12.7. The Balaban J connectivity index is 0.00000106. The van der Waals surface area contributed by atoms with Crippen LogP contribution in [0.2, 0.25) is 0 Å². The molecule has 3 aromatic carbocycles. The molecular weight excluding hydrogens is 723 g/mol. The van der Waals surface area contributed by atoms with Crippen molar-refractivity contribution in [3.63, 3.8) is 0 Å². The molecule has 1 unspecified atom stereocenters. The highest BCUT2D eigenvalue weighted by molar-refractivity contribution is 5.96. The number of urea groups is 1. The quantitative estimate of drug-likeness (QED) is 0.139. The van der Waals surface area contributed by atoms with E-state index >= 15 is 0 Å². The molecule has 1 aliphatic heterocycles. The van der Waals surface area contributed by atoms with E-state index in [1.54, 1.807) is 67.7 Å². The number of nitrogens with zero attached hydrogens (tertiary/aromatic N) is 2. The number of benzene rings is 3. The van der Waals surface area contributed by atoms with Gasteiger partial charge in [0.05, 0.1) is 33.4 Å². The zero-order valence-electron chi connectivity index (χ0n) is 31.2. The highest BCUT2D eigenvalue weighted by Crippen LogP contribution is 2.32. The first-order valence-electron chi connectivity index (χ1n) is 17.4. The minimum Gasteiger partial charge on any atom is -0.542 e. The van der Waals surface area contributed by atoms with E-state index in [-0.39, 0.29) is 30.2 Å². The fourth-order valence-corrected chi connectivity index (χ4v) is 6.52. The summed E-state index contributed by atoms with van der Waals surface area (Å²) in [6.07, 6.45) is -1.65. The second kappa shape index (κ2) is 19.5. The first-order chi connectivity index (χ1) is 25.9. The summed E-state index contributed by atoms with van der Waals surface area (Å²) >= 11 is 0. The van der Waals surface area contributed by atoms with Crippen LogP contribution in [-0.2, 0) is 22.6 Å². The minimum atomic E-state index is -5.19. The van der Waals surface area contributed by atoms with Gasteiger partial charge in [-0.3, -0.25) is 9.59 Å². The number of piperidine rings is 1. The standard InChI is InChI=1S/C37H47N5O6.C2HF3O2/c1-6-19-42(23-27-11-18-33(47-4)34(22-27)48-5)20-7-8-30(24-42)41(32(35(38)44)21-26-9-16-31(43)17-10-26)37(46)40-29-14-12-28(13-15-29)36(45)39-25(2)3;3-2(4,5)1(6)7/h6,9-18,22,25,30,32H,1,7-8,19-21,23-24H2,2-5H3,(H4-,38,39,40,43,44,45,46);(H,6,7)/t30-,32+,42?;/m1./s1. The maximum absolute atomic E-state index is 14.3. The summed E-state index contributed by atoms with van der Waals surface area (Å²) in [6, 6.07) is 17.2. The third-order valence-electron chi connectivity index (χ3n) is 8.96. The molecule has 1 aliphatic rings. The van der Waals surface area contributed by atoms with Crippen LogP contribution in [0.3, 0.4) is 0 Å². The zero-order chi connectivity index (χ0) is 40.9. The molecule has 55 heavy (non-hydrogen) atoms. The monoisotopic (exact) mass is 771 g/mol. The van der Waals surface area contributed by atoms with Crippen molar-refractivity contribution in [2.24, 2.45) is 5.73 Å². The SMILES string of the molecule is C=CC[N+]1(Cc2ccc(OC)c(OC)c2)CCC[C@@H](N(C(=O)Nc2ccc(C(=O)NC(C)C)cc2)[C@@H](Cc2ccc(O)cc2)C(N)=O)C1.O=C([O-])C(F)(F)F. The summed E-state index contributed by atoms with van der Waals surface area (Å²) in [5.41, 5.74) is 8.80. The summed E-state index contributed by atoms with van der Waals surface area (Å²) in [5, 5.41) is 24.4. The van der Waals surface area contributed by atoms with Gasteiger partial charge in [0, 0.05) is 29.3 Å². The first kappa shape index (κ1) is 43.6. The first-order valence-corrected chi connectivity index (χ1v) is 17.4. The number of quaternary nitrogens is 1. The molecule has 4 rings (SSSR count). The number of alkyl halides is 3. The van der Waals surface area contributed by atoms with Gasteiger partial charge in [0.1, 0.15) is 30.9 Å². The molecule has 3 aromatic rings. The maximum Gasteiger partial charge on any atom is 0.430 e. The van der Waals surface area contributed by atoms with E-state index < -0.39 is 30.1 Å². The van der Waals surface area contributed by atoms with Gasteiger partial charge in [-0.1, -0.05) is 18.7 Å². The molecule has 1 heterocycles. The number of aliphatic carboxylic acids is 1. The number of methoxy groups -OCH3 is 2. The van der Waals surface area contributed by atoms with Gasteiger partial charge in [-0.15, -0.1) is 0 Å². The largest absolute Gasteiger partial charge is 0.542 e. The molecule has 0 bridgehead atoms. The Morgan fingerprint density at radius 1 is 1.02 bits per heavy atom. The minimum absolute atomic E-state index is 0.0152. The molecular formula is C39H48F3N5O8. The summed E-state index contributed by atoms with van der Waals surface area (Å²) in [6.45, 7) is 10.5. The number of phenols is 1. The number of carbonyl (C=O) groups excluding carboxylic acids is 4. The fraction of sp³-hybridized carbons (Fsp3) is 0.385. The smallest absolute Gasteiger partial charge is 0.430 e. The van der Waals surface area contributed by atoms with Crippen LogP contribution in [0.15, 0.2) is 79.4 Å². The molecule has 1 fully saturated rings. The number of primary amides is 1. The van der Waals surface area contributed by atoms with Crippen LogP contribution < -0.4 is 30.9 Å². The molecule has 13 nitrogen and oxygen atoms in total. The summed E-state index contributed by atoms with van der Waals surface area (Å²) in [7, 11) is 3.21. The van der Waals surface area contributed by atoms with Gasteiger partial charge >= 0.3 is 12.2 Å². The summed E-state index contributed by atoms with van der Waals surface area (Å²) in [4.78, 5) is 50.3. The lowest BCUT2D eigenvalue weighted by Crippen LogP contribution is -2.64. The van der Waals surface area contributed by atoms with Crippen LogP contribution in [0.25, 0.3) is 0 Å². The molecule has 4 amide bonds. The Morgan fingerprint density at radius 3 is 2.15 bits per heavy atom. The Bertz CT molecular complexity index is 1790. The number of aromatic hydroxyl groups is 1. The number of amides is 4. The van der Waals surface area contributed by atoms with Crippen molar-refractivity contribution in [3.8, 4) is 17.2 Å². The van der Waals surface area contributed by atoms with Gasteiger partial charge < -0.3 is 50.2 Å². The van der Waals surface area contributed by atoms with Crippen molar-refractivity contribution in [1.82, 2.24) is 10.2 Å². The maximum atomic E-state index is 14.3. The van der Waals surface area contributed by atoms with E-state index in [0.717, 1.165) is 24.1 Å². The van der Waals surface area contributed by atoms with Crippen molar-refractivity contribution in [1.29, 1.82) is 0 Å². The Labute approximate surface area is 318 Å². The second-order valence-corrected chi connectivity index (χ2v) is 13.5. The van der Waals surface area contributed by atoms with Crippen molar-refractivity contribution in [2.75, 3.05) is 39.2 Å². The number of carboxylic acids is 1. The molecule has 0 radical (unpaired) electrons. The number of phenolic OH excluding ortho intramolecular Hbond substituents is 1. The fourth-order valence-electron chi connectivity index (χ4n) is 6.52. The number of hydrogen-bond donors (Lipinski definition) is 4. The van der Waals surface area contributed by atoms with Crippen molar-refractivity contribution >= 4 is 29.5 Å². The van der Waals surface area contributed by atoms with Gasteiger partial charge in [-0.25, -0.2) is 4.79 Å². The average molecular weight is 772 g/mol. The topological polar surface area (TPSA) is 183 Å². The predicted molar refractivity (Wildman–Crippen MR) is 197 cm³/mol. The van der Waals surface area contributed by atoms with Gasteiger partial charge in [0.25, 0.3) is 5.91 Å². The van der Waals surface area contributed by atoms with E-state index in [9.17, 15) is 32.7 Å². The number of ether oxygens (including phenoxy) is 2. The van der Waals surface area contributed by atoms with E-state index in [4.69, 9.17) is 25.1 Å². The van der Waals surface area contributed by atoms with Crippen LogP contribution in [0.1, 0.15) is 48.2 Å². The Morgan fingerprint density at radius 2 is 1.62 bits per heavy atom. The van der Waals surface area contributed by atoms with Crippen LogP contribution in [0.4, 0.5) is 23.7 Å². The summed E-state index contributed by atoms with van der Waals surface area (Å²) in [5.74, 6) is -2.47. The normalized spacial score (nSPS) is 17.1. The van der Waals surface area contributed by atoms with Crippen LogP contribution in [0, 0.1) is 0 Å². The number of nitrogens with one attached hydrogen (secondary N) is 2. The number of carbonyl (C=O) groups is 4. The summed E-state index contributed by atoms with van der Waals surface area (Å²) < 4.78 is 43.2. The van der Waals surface area contributed by atoms with E-state index in [1.165, 1.54) is 0 Å². The number of rotatable bonds is 14. The lowest BCUT2D eigenvalue weighted by Gasteiger charge is -2.48. The lowest BCUT2D eigenvalue weighted by molar-refractivity contribution is -0.941. The molecule has 0 saturated carbocycles. The predicted octanol–water partition coefficient (Wildman–Crippen LogP) is 4.14. The molecule has 1 saturated heterocycles. The Hall–Kier alpha value is -5.77. The number of likely N-dealkylation sites (tertiary alicyclic amines) is 1. The van der Waals surface area contributed by atoms with Crippen LogP contribution >= 0.6 is 0 Å². The number of nitrogens with two attached hydrogens (primary N) is 1. The average Bonchev–Trinajstić information content (AvgIpc) is 3.12. The lowest BCUT2D eigenvalue weighted by atomic mass is 9.95. The molecule has 0 aromatic heterocycles. The number of hydrogen-bond acceptors (Lipinski definition) is 8. The molecule has 0 aliphatic carbocycles. The van der Waals surface area contributed by atoms with E-state index in [0.29, 0.717) is 53.3 Å². The van der Waals surface area contributed by atoms with Crippen LogP contribution in [-0.4, -0.2) is 96.5 Å². The zero-order valence-corrected chi connectivity index (χ0v) is 31.2. The van der Waals surface area contributed by atoms with Gasteiger partial charge in [-0.2, -0.15) is 13.2 Å². The highest BCUT2D eigenvalue weighted by atomic mass is 19.4. The highest BCUT2D eigenvalue weighted by Gasteiger charge is 2.43. The van der Waals surface area contributed by atoms with Crippen molar-refractivity contribution < 1.29 is 56.5 Å². The van der Waals surface area contributed by atoms with Gasteiger partial charge in [0.2, 0.25) is 5.91 Å². The van der Waals surface area contributed by atoms with Gasteiger partial charge in [0.15, 0.2) is 11.5 Å². The second-order valence-electron chi connectivity index (χ2n) is 13.5. The molecule has 5 N–H and O–H groups in total. The molecule has 0 spiro atoms.